The van der Waals surface area contributed by atoms with Crippen molar-refractivity contribution in [1.29, 1.82) is 5.41 Å². The number of nitrogens with two attached hydrogens (primary N) is 1. The minimum absolute atomic E-state index is 0.0148. The van der Waals surface area contributed by atoms with Crippen LogP contribution in [0.1, 0.15) is 51.7 Å². The van der Waals surface area contributed by atoms with Crippen molar-refractivity contribution in [2.24, 2.45) is 22.2 Å². The van der Waals surface area contributed by atoms with E-state index in [1.165, 1.54) is 0 Å². The number of amidine groups is 1. The minimum atomic E-state index is -0.445. The summed E-state index contributed by atoms with van der Waals surface area (Å²) >= 11 is 0. The fraction of sp³-hybridized carbons (Fsp3) is 0.524. The summed E-state index contributed by atoms with van der Waals surface area (Å²) in [5, 5.41) is 11.7. The van der Waals surface area contributed by atoms with Gasteiger partial charge in [-0.25, -0.2) is 0 Å². The Kier molecular flexibility index (Phi) is 6.59. The van der Waals surface area contributed by atoms with E-state index in [-0.39, 0.29) is 36.0 Å². The zero-order valence-corrected chi connectivity index (χ0v) is 17.3. The Balaban J connectivity index is 2.02. The third kappa shape index (κ3) is 4.97. The number of hydrogen-bond donors (Lipinski definition) is 2. The van der Waals surface area contributed by atoms with Gasteiger partial charge in [-0.15, -0.1) is 0 Å². The lowest BCUT2D eigenvalue weighted by atomic mass is 9.78. The Hall–Kier alpha value is -2.70. The van der Waals surface area contributed by atoms with E-state index in [1.54, 1.807) is 31.0 Å². The Labute approximate surface area is 166 Å². The minimum Gasteiger partial charge on any atom is -0.391 e. The van der Waals surface area contributed by atoms with Crippen LogP contribution in [0.4, 0.5) is 0 Å². The molecule has 1 aliphatic rings. The predicted octanol–water partition coefficient (Wildman–Crippen LogP) is 2.56. The largest absolute Gasteiger partial charge is 0.391 e. The van der Waals surface area contributed by atoms with E-state index in [0.29, 0.717) is 18.5 Å². The van der Waals surface area contributed by atoms with E-state index >= 15 is 0 Å². The van der Waals surface area contributed by atoms with Crippen LogP contribution in [0.15, 0.2) is 29.4 Å². The van der Waals surface area contributed by atoms with Crippen LogP contribution < -0.4 is 5.73 Å². The second kappa shape index (κ2) is 8.54. The molecule has 0 saturated heterocycles. The van der Waals surface area contributed by atoms with Crippen molar-refractivity contribution in [3.63, 3.8) is 0 Å². The van der Waals surface area contributed by atoms with Crippen LogP contribution in [0.25, 0.3) is 0 Å². The van der Waals surface area contributed by atoms with Crippen molar-refractivity contribution < 1.29 is 14.4 Å². The molecule has 28 heavy (non-hydrogen) atoms. The molecule has 2 atom stereocenters. The van der Waals surface area contributed by atoms with Crippen molar-refractivity contribution in [2.75, 3.05) is 13.6 Å². The molecule has 0 bridgehead atoms. The fourth-order valence-electron chi connectivity index (χ4n) is 3.48. The number of ketones is 1. The summed E-state index contributed by atoms with van der Waals surface area (Å²) in [6, 6.07) is 7.28. The number of nitrogens with one attached hydrogen (secondary N) is 1. The molecule has 1 amide bonds. The average molecular weight is 386 g/mol. The number of hydrogen-bond acceptors (Lipinski definition) is 5. The van der Waals surface area contributed by atoms with Gasteiger partial charge in [0.2, 0.25) is 5.91 Å². The van der Waals surface area contributed by atoms with E-state index in [4.69, 9.17) is 16.0 Å². The highest BCUT2D eigenvalue weighted by atomic mass is 16.6. The number of nitrogens with zero attached hydrogens (tertiary/aromatic N) is 2. The number of carbonyl (C=O) groups is 2. The highest BCUT2D eigenvalue weighted by molar-refractivity contribution is 6.06. The maximum atomic E-state index is 12.6. The van der Waals surface area contributed by atoms with Crippen molar-refractivity contribution in [1.82, 2.24) is 4.90 Å². The van der Waals surface area contributed by atoms with Crippen LogP contribution in [0.5, 0.6) is 0 Å². The number of amides is 1. The van der Waals surface area contributed by atoms with Gasteiger partial charge in [0.15, 0.2) is 0 Å². The molecule has 1 heterocycles. The van der Waals surface area contributed by atoms with Crippen LogP contribution in [0.3, 0.4) is 0 Å². The molecule has 2 rings (SSSR count). The molecular formula is C21H30N4O3. The molecule has 1 aliphatic heterocycles. The van der Waals surface area contributed by atoms with Gasteiger partial charge in [0.25, 0.3) is 0 Å². The molecule has 2 unspecified atom stereocenters. The fourth-order valence-corrected chi connectivity index (χ4v) is 3.48. The quantitative estimate of drug-likeness (QED) is 0.528. The molecular weight excluding hydrogens is 356 g/mol. The molecule has 0 saturated carbocycles. The highest BCUT2D eigenvalue weighted by Crippen LogP contribution is 2.36. The molecule has 0 aromatic heterocycles. The van der Waals surface area contributed by atoms with Gasteiger partial charge in [-0.1, -0.05) is 50.2 Å². The number of rotatable bonds is 8. The smallest absolute Gasteiger partial charge is 0.226 e. The SMILES string of the molecule is CC(=O)CC(C)CN(C)C(=O)CC1ON=C(c2ccc(C(=N)N)cc2)C1(C)C. The summed E-state index contributed by atoms with van der Waals surface area (Å²) in [4.78, 5) is 31.2. The van der Waals surface area contributed by atoms with Gasteiger partial charge in [0.05, 0.1) is 17.5 Å². The summed E-state index contributed by atoms with van der Waals surface area (Å²) < 4.78 is 0. The zero-order valence-electron chi connectivity index (χ0n) is 17.3. The third-order valence-corrected chi connectivity index (χ3v) is 5.16. The standard InChI is InChI=1S/C21H30N4O3/c1-13(10-14(2)26)12-25(5)18(27)11-17-21(3,4)19(24-28-17)15-6-8-16(9-7-15)20(22)23/h6-9,13,17H,10-12H2,1-5H3,(H3,22,23). The highest BCUT2D eigenvalue weighted by Gasteiger charge is 2.44. The van der Waals surface area contributed by atoms with Crippen LogP contribution in [-0.2, 0) is 14.4 Å². The molecule has 1 aromatic carbocycles. The predicted molar refractivity (Wildman–Crippen MR) is 109 cm³/mol. The normalized spacial score (nSPS) is 18.8. The lowest BCUT2D eigenvalue weighted by Gasteiger charge is -2.28. The van der Waals surface area contributed by atoms with Gasteiger partial charge >= 0.3 is 0 Å². The second-order valence-electron chi connectivity index (χ2n) is 8.24. The van der Waals surface area contributed by atoms with Gasteiger partial charge in [-0.05, 0) is 12.8 Å². The van der Waals surface area contributed by atoms with E-state index in [1.807, 2.05) is 32.9 Å². The van der Waals surface area contributed by atoms with Gasteiger partial charge in [-0.3, -0.25) is 10.2 Å². The molecule has 7 heteroatoms. The Morgan fingerprint density at radius 2 is 1.93 bits per heavy atom. The topological polar surface area (TPSA) is 109 Å². The van der Waals surface area contributed by atoms with Crippen molar-refractivity contribution in [3.05, 3.63) is 35.4 Å². The number of carbonyl (C=O) groups excluding carboxylic acids is 2. The van der Waals surface area contributed by atoms with E-state index in [2.05, 4.69) is 5.16 Å². The Morgan fingerprint density at radius 1 is 1.32 bits per heavy atom. The van der Waals surface area contributed by atoms with Crippen LogP contribution in [0.2, 0.25) is 0 Å². The maximum absolute atomic E-state index is 12.6. The van der Waals surface area contributed by atoms with Crippen LogP contribution >= 0.6 is 0 Å². The first-order valence-electron chi connectivity index (χ1n) is 9.45. The lowest BCUT2D eigenvalue weighted by molar-refractivity contribution is -0.134. The molecule has 0 fully saturated rings. The molecule has 3 N–H and O–H groups in total. The zero-order chi connectivity index (χ0) is 21.1. The maximum Gasteiger partial charge on any atom is 0.226 e. The summed E-state index contributed by atoms with van der Waals surface area (Å²) in [6.07, 6.45) is 0.314. The second-order valence-corrected chi connectivity index (χ2v) is 8.24. The molecule has 152 valence electrons. The molecule has 0 aliphatic carbocycles. The van der Waals surface area contributed by atoms with E-state index < -0.39 is 5.41 Å². The first-order valence-corrected chi connectivity index (χ1v) is 9.45. The van der Waals surface area contributed by atoms with Crippen molar-refractivity contribution in [3.8, 4) is 0 Å². The monoisotopic (exact) mass is 386 g/mol. The number of oxime groups is 1. The number of nitrogen functional groups attached to an aromatic ring is 1. The van der Waals surface area contributed by atoms with Gasteiger partial charge < -0.3 is 20.3 Å². The summed E-state index contributed by atoms with van der Waals surface area (Å²) in [5.41, 5.74) is 7.36. The van der Waals surface area contributed by atoms with Crippen molar-refractivity contribution >= 4 is 23.2 Å². The molecule has 0 radical (unpaired) electrons. The van der Waals surface area contributed by atoms with Crippen molar-refractivity contribution in [2.45, 2.75) is 46.6 Å². The molecule has 7 nitrogen and oxygen atoms in total. The molecule has 0 spiro atoms. The first-order chi connectivity index (χ1) is 13.0. The van der Waals surface area contributed by atoms with Crippen LogP contribution in [0, 0.1) is 16.7 Å². The lowest BCUT2D eigenvalue weighted by Crippen LogP contribution is -2.39. The van der Waals surface area contributed by atoms with Crippen LogP contribution in [-0.4, -0.2) is 47.8 Å². The Morgan fingerprint density at radius 3 is 2.46 bits per heavy atom. The van der Waals surface area contributed by atoms with Gasteiger partial charge in [-0.2, -0.15) is 0 Å². The van der Waals surface area contributed by atoms with E-state index in [9.17, 15) is 9.59 Å². The van der Waals surface area contributed by atoms with Gasteiger partial charge in [0, 0.05) is 31.1 Å². The first kappa shape index (κ1) is 21.6. The number of benzene rings is 1. The summed E-state index contributed by atoms with van der Waals surface area (Å²) in [5.74, 6) is 0.232. The third-order valence-electron chi connectivity index (χ3n) is 5.16. The number of Topliss-reactive ketones (excluding diaryl/α,β-unsaturated/α-hetero) is 1. The van der Waals surface area contributed by atoms with E-state index in [0.717, 1.165) is 11.3 Å². The Bertz CT molecular complexity index is 783. The molecule has 1 aromatic rings. The summed E-state index contributed by atoms with van der Waals surface area (Å²) in [6.45, 7) is 8.08. The van der Waals surface area contributed by atoms with Gasteiger partial charge in [0.1, 0.15) is 17.7 Å². The average Bonchev–Trinajstić information content (AvgIpc) is 2.88. The summed E-state index contributed by atoms with van der Waals surface area (Å²) in [7, 11) is 1.75.